The van der Waals surface area contributed by atoms with Crippen LogP contribution in [0.5, 0.6) is 0 Å². The molecule has 0 bridgehead atoms. The normalized spacial score (nSPS) is 10.9. The number of fused-ring (bicyclic) bond motifs is 1. The third kappa shape index (κ3) is 4.97. The molecule has 0 spiro atoms. The maximum Gasteiger partial charge on any atom is 0.277 e. The minimum absolute atomic E-state index is 0.163. The Labute approximate surface area is 163 Å². The first-order valence-electron chi connectivity index (χ1n) is 8.62. The van der Waals surface area contributed by atoms with Gasteiger partial charge >= 0.3 is 0 Å². The van der Waals surface area contributed by atoms with Crippen LogP contribution in [-0.2, 0) is 11.3 Å². The fourth-order valence-corrected chi connectivity index (χ4v) is 3.03. The number of anilines is 1. The fraction of sp³-hybridized carbons (Fsp3) is 0.263. The molecular weight excluding hydrogens is 415 g/mol. The van der Waals surface area contributed by atoms with Crippen molar-refractivity contribution in [2.24, 2.45) is 0 Å². The molecule has 1 aromatic heterocycles. The van der Waals surface area contributed by atoms with Gasteiger partial charge in [-0.25, -0.2) is 9.07 Å². The number of amides is 1. The Morgan fingerprint density at radius 2 is 1.96 bits per heavy atom. The van der Waals surface area contributed by atoms with Gasteiger partial charge in [0.2, 0.25) is 5.91 Å². The van der Waals surface area contributed by atoms with E-state index in [2.05, 4.69) is 31.6 Å². The highest BCUT2D eigenvalue weighted by atomic mass is 79.9. The molecule has 1 amide bonds. The standard InChI is InChI=1S/C19H18BrFN4O2/c20-13-9-10-17(15(21)12-13)22-18(26)8-2-1-5-11-25-19(27)14-6-3-4-7-16(14)23-24-25/h3-4,6-7,9-10,12H,1-2,5,8,11H2,(H,22,26). The van der Waals surface area contributed by atoms with Crippen molar-refractivity contribution >= 4 is 38.4 Å². The van der Waals surface area contributed by atoms with Crippen molar-refractivity contribution in [3.63, 3.8) is 0 Å². The minimum atomic E-state index is -0.480. The number of nitrogens with zero attached hydrogens (tertiary/aromatic N) is 3. The van der Waals surface area contributed by atoms with Crippen LogP contribution in [0.15, 0.2) is 51.7 Å². The number of aryl methyl sites for hydroxylation is 1. The van der Waals surface area contributed by atoms with Crippen LogP contribution in [0.3, 0.4) is 0 Å². The Kier molecular flexibility index (Phi) is 6.28. The van der Waals surface area contributed by atoms with Gasteiger partial charge in [0.25, 0.3) is 5.56 Å². The van der Waals surface area contributed by atoms with Crippen molar-refractivity contribution < 1.29 is 9.18 Å². The van der Waals surface area contributed by atoms with Gasteiger partial charge in [0.1, 0.15) is 11.3 Å². The molecule has 0 unspecified atom stereocenters. The van der Waals surface area contributed by atoms with Crippen molar-refractivity contribution in [1.29, 1.82) is 0 Å². The van der Waals surface area contributed by atoms with Crippen molar-refractivity contribution in [2.75, 3.05) is 5.32 Å². The van der Waals surface area contributed by atoms with Gasteiger partial charge in [0.15, 0.2) is 0 Å². The predicted octanol–water partition coefficient (Wildman–Crippen LogP) is 3.89. The number of carbonyl (C=O) groups excluding carboxylic acids is 1. The van der Waals surface area contributed by atoms with Gasteiger partial charge in [0.05, 0.1) is 11.1 Å². The summed E-state index contributed by atoms with van der Waals surface area (Å²) < 4.78 is 15.7. The van der Waals surface area contributed by atoms with E-state index in [4.69, 9.17) is 0 Å². The van der Waals surface area contributed by atoms with E-state index < -0.39 is 5.82 Å². The fourth-order valence-electron chi connectivity index (χ4n) is 2.70. The number of unbranched alkanes of at least 4 members (excludes halogenated alkanes) is 2. The Morgan fingerprint density at radius 1 is 1.15 bits per heavy atom. The lowest BCUT2D eigenvalue weighted by Gasteiger charge is -2.07. The van der Waals surface area contributed by atoms with Crippen LogP contribution in [0.4, 0.5) is 10.1 Å². The zero-order chi connectivity index (χ0) is 19.2. The summed E-state index contributed by atoms with van der Waals surface area (Å²) in [5.41, 5.74) is 0.584. The van der Waals surface area contributed by atoms with Gasteiger partial charge in [-0.2, -0.15) is 0 Å². The molecule has 0 aliphatic heterocycles. The van der Waals surface area contributed by atoms with E-state index in [0.29, 0.717) is 34.8 Å². The number of rotatable bonds is 7. The van der Waals surface area contributed by atoms with Crippen LogP contribution < -0.4 is 10.9 Å². The molecule has 6 nitrogen and oxygen atoms in total. The first-order valence-corrected chi connectivity index (χ1v) is 9.41. The average Bonchev–Trinajstić information content (AvgIpc) is 2.65. The van der Waals surface area contributed by atoms with Crippen molar-refractivity contribution in [3.05, 3.63) is 63.1 Å². The topological polar surface area (TPSA) is 76.9 Å². The summed E-state index contributed by atoms with van der Waals surface area (Å²) in [4.78, 5) is 24.2. The summed E-state index contributed by atoms with van der Waals surface area (Å²) in [6.45, 7) is 0.444. The summed E-state index contributed by atoms with van der Waals surface area (Å²) in [6.07, 6.45) is 2.37. The molecule has 140 valence electrons. The maximum atomic E-state index is 13.7. The van der Waals surface area contributed by atoms with E-state index in [1.165, 1.54) is 16.8 Å². The van der Waals surface area contributed by atoms with E-state index in [-0.39, 0.29) is 23.6 Å². The second kappa shape index (κ2) is 8.85. The molecule has 0 saturated heterocycles. The number of aromatic nitrogens is 3. The summed E-state index contributed by atoms with van der Waals surface area (Å²) in [6, 6.07) is 11.6. The molecule has 0 saturated carbocycles. The van der Waals surface area contributed by atoms with Crippen LogP contribution in [0, 0.1) is 5.82 Å². The highest BCUT2D eigenvalue weighted by molar-refractivity contribution is 9.10. The molecule has 3 aromatic rings. The van der Waals surface area contributed by atoms with Gasteiger partial charge in [-0.15, -0.1) is 5.10 Å². The zero-order valence-corrected chi connectivity index (χ0v) is 16.1. The molecule has 0 aliphatic carbocycles. The largest absolute Gasteiger partial charge is 0.324 e. The van der Waals surface area contributed by atoms with Crippen molar-refractivity contribution in [1.82, 2.24) is 15.0 Å². The average molecular weight is 433 g/mol. The maximum absolute atomic E-state index is 13.7. The Balaban J connectivity index is 1.45. The highest BCUT2D eigenvalue weighted by Gasteiger charge is 2.08. The SMILES string of the molecule is O=C(CCCCCn1nnc2ccccc2c1=O)Nc1ccc(Br)cc1F. The molecule has 27 heavy (non-hydrogen) atoms. The van der Waals surface area contributed by atoms with Gasteiger partial charge in [-0.3, -0.25) is 9.59 Å². The summed E-state index contributed by atoms with van der Waals surface area (Å²) in [7, 11) is 0. The quantitative estimate of drug-likeness (QED) is 0.574. The molecule has 0 atom stereocenters. The lowest BCUT2D eigenvalue weighted by atomic mass is 10.2. The zero-order valence-electron chi connectivity index (χ0n) is 14.5. The van der Waals surface area contributed by atoms with Crippen molar-refractivity contribution in [2.45, 2.75) is 32.2 Å². The number of hydrogen-bond donors (Lipinski definition) is 1. The molecule has 0 aliphatic rings. The molecule has 8 heteroatoms. The van der Waals surface area contributed by atoms with Gasteiger partial charge in [0, 0.05) is 17.4 Å². The first-order chi connectivity index (χ1) is 13.0. The van der Waals surface area contributed by atoms with Gasteiger partial charge in [-0.1, -0.05) is 39.7 Å². The lowest BCUT2D eigenvalue weighted by Crippen LogP contribution is -2.24. The Morgan fingerprint density at radius 3 is 2.78 bits per heavy atom. The predicted molar refractivity (Wildman–Crippen MR) is 105 cm³/mol. The van der Waals surface area contributed by atoms with E-state index in [9.17, 15) is 14.0 Å². The third-order valence-corrected chi connectivity index (χ3v) is 4.60. The highest BCUT2D eigenvalue weighted by Crippen LogP contribution is 2.19. The van der Waals surface area contributed by atoms with E-state index >= 15 is 0 Å². The molecule has 1 N–H and O–H groups in total. The van der Waals surface area contributed by atoms with Crippen LogP contribution in [0.25, 0.3) is 10.9 Å². The summed E-state index contributed by atoms with van der Waals surface area (Å²) in [5.74, 6) is -0.717. The first kappa shape index (κ1) is 19.2. The van der Waals surface area contributed by atoms with Gasteiger partial charge < -0.3 is 5.32 Å². The number of carbonyl (C=O) groups is 1. The molecule has 0 fully saturated rings. The summed E-state index contributed by atoms with van der Waals surface area (Å²) in [5, 5.41) is 11.1. The summed E-state index contributed by atoms with van der Waals surface area (Å²) >= 11 is 3.17. The van der Waals surface area contributed by atoms with Gasteiger partial charge in [-0.05, 0) is 43.2 Å². The lowest BCUT2D eigenvalue weighted by molar-refractivity contribution is -0.116. The molecule has 1 heterocycles. The van der Waals surface area contributed by atoms with E-state index in [0.717, 1.165) is 6.42 Å². The monoisotopic (exact) mass is 432 g/mol. The van der Waals surface area contributed by atoms with Crippen LogP contribution in [0.1, 0.15) is 25.7 Å². The number of hydrogen-bond acceptors (Lipinski definition) is 4. The Hall–Kier alpha value is -2.61. The smallest absolute Gasteiger partial charge is 0.277 e. The third-order valence-electron chi connectivity index (χ3n) is 4.11. The molecule has 0 radical (unpaired) electrons. The minimum Gasteiger partial charge on any atom is -0.324 e. The van der Waals surface area contributed by atoms with Crippen LogP contribution >= 0.6 is 15.9 Å². The second-order valence-electron chi connectivity index (χ2n) is 6.12. The van der Waals surface area contributed by atoms with Crippen molar-refractivity contribution in [3.8, 4) is 0 Å². The Bertz CT molecular complexity index is 1020. The van der Waals surface area contributed by atoms with Crippen LogP contribution in [-0.4, -0.2) is 20.9 Å². The van der Waals surface area contributed by atoms with Crippen LogP contribution in [0.2, 0.25) is 0 Å². The second-order valence-corrected chi connectivity index (χ2v) is 7.03. The van der Waals surface area contributed by atoms with E-state index in [1.807, 2.05) is 6.07 Å². The van der Waals surface area contributed by atoms with E-state index in [1.54, 1.807) is 24.3 Å². The molecule has 2 aromatic carbocycles. The molecular formula is C19H18BrFN4O2. The number of benzene rings is 2. The number of nitrogens with one attached hydrogen (secondary N) is 1. The number of halogens is 2. The molecule has 3 rings (SSSR count).